The molecule has 0 atom stereocenters. The molecular formula is C34H26N8Na2O6S2. The summed E-state index contributed by atoms with van der Waals surface area (Å²) in [5.74, 6) is 0.563. The van der Waals surface area contributed by atoms with E-state index in [1.807, 2.05) is 60.7 Å². The van der Waals surface area contributed by atoms with E-state index in [1.54, 1.807) is 48.6 Å². The average Bonchev–Trinajstić information content (AvgIpc) is 3.11. The van der Waals surface area contributed by atoms with Gasteiger partial charge < -0.3 is 19.7 Å². The number of hydrogen-bond acceptors (Lipinski definition) is 14. The van der Waals surface area contributed by atoms with Crippen LogP contribution in [0.25, 0.3) is 24.3 Å². The van der Waals surface area contributed by atoms with Crippen molar-refractivity contribution in [2.75, 3.05) is 10.6 Å². The third kappa shape index (κ3) is 12.5. The molecule has 0 saturated heterocycles. The van der Waals surface area contributed by atoms with Crippen molar-refractivity contribution in [3.8, 4) is 0 Å². The fourth-order valence-corrected chi connectivity index (χ4v) is 6.15. The van der Waals surface area contributed by atoms with Crippen LogP contribution in [-0.2, 0) is 20.2 Å². The van der Waals surface area contributed by atoms with Gasteiger partial charge in [-0.1, -0.05) is 109 Å². The van der Waals surface area contributed by atoms with Crippen molar-refractivity contribution in [2.45, 2.75) is 9.79 Å². The molecule has 0 aliphatic rings. The number of hydrogen-bond donors (Lipinski definition) is 2. The number of nitrogens with zero attached hydrogens (tertiary/aromatic N) is 6. The van der Waals surface area contributed by atoms with Crippen molar-refractivity contribution in [2.24, 2.45) is 0 Å². The summed E-state index contributed by atoms with van der Waals surface area (Å²) in [5, 5.41) is 27.1. The number of nitrogens with one attached hydrogen (secondary N) is 2. The summed E-state index contributed by atoms with van der Waals surface area (Å²) in [7, 11) is -9.43. The number of rotatable bonds is 10. The Kier molecular flexibility index (Phi) is 16.4. The van der Waals surface area contributed by atoms with Crippen molar-refractivity contribution >= 4 is 67.6 Å². The van der Waals surface area contributed by atoms with Crippen LogP contribution in [0.15, 0.2) is 131 Å². The van der Waals surface area contributed by atoms with Gasteiger partial charge in [0.05, 0.1) is 33.6 Å². The summed E-state index contributed by atoms with van der Waals surface area (Å²) in [5.41, 5.74) is 2.60. The molecule has 18 heteroatoms. The molecule has 2 aromatic heterocycles. The average molecular weight is 753 g/mol. The van der Waals surface area contributed by atoms with Gasteiger partial charge in [-0.3, -0.25) is 0 Å². The molecular weight excluding hydrogens is 727 g/mol. The second-order valence-electron chi connectivity index (χ2n) is 10.1. The Morgan fingerprint density at radius 3 is 1.19 bits per heavy atom. The summed E-state index contributed by atoms with van der Waals surface area (Å²) in [6.07, 6.45) is 9.45. The molecule has 2 heterocycles. The van der Waals surface area contributed by atoms with Crippen molar-refractivity contribution in [1.29, 1.82) is 0 Å². The van der Waals surface area contributed by atoms with E-state index in [4.69, 9.17) is 0 Å². The van der Waals surface area contributed by atoms with Crippen LogP contribution in [-0.4, -0.2) is 56.8 Å². The molecule has 0 unspecified atom stereocenters. The van der Waals surface area contributed by atoms with Crippen LogP contribution in [0.1, 0.15) is 22.3 Å². The normalized spacial score (nSPS) is 11.1. The fraction of sp³-hybridized carbons (Fsp3) is 0. The van der Waals surface area contributed by atoms with Gasteiger partial charge in [0, 0.05) is 12.1 Å². The largest absolute Gasteiger partial charge is 1.00 e. The second kappa shape index (κ2) is 20.1. The molecule has 0 saturated carbocycles. The van der Waals surface area contributed by atoms with Crippen molar-refractivity contribution in [3.05, 3.63) is 144 Å². The number of aromatic nitrogens is 6. The van der Waals surface area contributed by atoms with E-state index in [0.717, 1.165) is 11.1 Å². The number of benzene rings is 4. The minimum Gasteiger partial charge on any atom is -0.744 e. The van der Waals surface area contributed by atoms with E-state index in [1.165, 1.54) is 36.7 Å². The Hall–Kier alpha value is -4.20. The Labute approximate surface area is 344 Å². The van der Waals surface area contributed by atoms with Crippen LogP contribution < -0.4 is 69.7 Å². The summed E-state index contributed by atoms with van der Waals surface area (Å²) in [6, 6.07) is 31.2. The van der Waals surface area contributed by atoms with E-state index in [0.29, 0.717) is 0 Å². The molecule has 0 radical (unpaired) electrons. The van der Waals surface area contributed by atoms with Gasteiger partial charge in [-0.2, -0.15) is 0 Å². The van der Waals surface area contributed by atoms with Crippen LogP contribution in [0.3, 0.4) is 0 Å². The van der Waals surface area contributed by atoms with Crippen LogP contribution in [0.4, 0.5) is 23.0 Å². The van der Waals surface area contributed by atoms with Crippen LogP contribution in [0.2, 0.25) is 0 Å². The Balaban J connectivity index is 0.000000270. The fourth-order valence-electron chi connectivity index (χ4n) is 4.52. The van der Waals surface area contributed by atoms with Crippen LogP contribution in [0.5, 0.6) is 0 Å². The molecule has 252 valence electrons. The monoisotopic (exact) mass is 752 g/mol. The molecule has 0 aliphatic heterocycles. The van der Waals surface area contributed by atoms with E-state index in [2.05, 4.69) is 41.5 Å². The summed E-state index contributed by atoms with van der Waals surface area (Å²) in [6.45, 7) is 0. The van der Waals surface area contributed by atoms with E-state index >= 15 is 0 Å². The predicted molar refractivity (Wildman–Crippen MR) is 186 cm³/mol. The first kappa shape index (κ1) is 42.2. The van der Waals surface area contributed by atoms with Gasteiger partial charge in [0.2, 0.25) is 0 Å². The molecule has 6 rings (SSSR count). The van der Waals surface area contributed by atoms with Crippen molar-refractivity contribution < 1.29 is 85.1 Å². The van der Waals surface area contributed by atoms with Crippen molar-refractivity contribution in [1.82, 2.24) is 30.8 Å². The number of anilines is 4. The van der Waals surface area contributed by atoms with Crippen LogP contribution in [0, 0.1) is 0 Å². The zero-order valence-corrected chi connectivity index (χ0v) is 33.4. The molecule has 2 N–H and O–H groups in total. The first-order valence-electron chi connectivity index (χ1n) is 14.5. The van der Waals surface area contributed by atoms with E-state index in [9.17, 15) is 25.9 Å². The zero-order valence-electron chi connectivity index (χ0n) is 27.8. The molecule has 6 aromatic rings. The molecule has 52 heavy (non-hydrogen) atoms. The van der Waals surface area contributed by atoms with Gasteiger partial charge in [-0.25, -0.2) is 16.8 Å². The molecule has 14 nitrogen and oxygen atoms in total. The van der Waals surface area contributed by atoms with Gasteiger partial charge in [-0.15, -0.1) is 20.4 Å². The van der Waals surface area contributed by atoms with Crippen molar-refractivity contribution in [3.63, 3.8) is 0 Å². The van der Waals surface area contributed by atoms with Gasteiger partial charge in [0.1, 0.15) is 20.2 Å². The Bertz CT molecular complexity index is 2160. The predicted octanol–water partition coefficient (Wildman–Crippen LogP) is -0.613. The SMILES string of the molecule is O=S(=O)([O-])c1c(C=Cc2ccccc2)cccc1Nc1ccnnn1.O=S(=O)([O-])c1c(C=Cc2ccccc2)cccc1Nc1ccnnn1.[Na+].[Na+]. The maximum Gasteiger partial charge on any atom is 1.00 e. The maximum absolute atomic E-state index is 11.8. The summed E-state index contributed by atoms with van der Waals surface area (Å²) >= 11 is 0. The molecule has 0 bridgehead atoms. The minimum absolute atomic E-state index is 0. The van der Waals surface area contributed by atoms with Gasteiger partial charge >= 0.3 is 59.1 Å². The van der Waals surface area contributed by atoms with Gasteiger partial charge in [0.15, 0.2) is 11.6 Å². The van der Waals surface area contributed by atoms with Gasteiger partial charge in [0.25, 0.3) is 0 Å². The van der Waals surface area contributed by atoms with Crippen LogP contribution >= 0.6 is 0 Å². The summed E-state index contributed by atoms with van der Waals surface area (Å²) in [4.78, 5) is -0.693. The zero-order chi connectivity index (χ0) is 35.4. The Morgan fingerprint density at radius 1 is 0.481 bits per heavy atom. The minimum atomic E-state index is -4.72. The molecule has 0 amide bonds. The van der Waals surface area contributed by atoms with E-state index < -0.39 is 20.2 Å². The first-order chi connectivity index (χ1) is 24.1. The maximum atomic E-state index is 11.8. The smallest absolute Gasteiger partial charge is 0.744 e. The topological polar surface area (TPSA) is 216 Å². The molecule has 0 spiro atoms. The quantitative estimate of drug-likeness (QED) is 0.101. The standard InChI is InChI=1S/2C17H14N4O3S.2Na/c2*22-25(23,24)17-14(10-9-13-5-2-1-3-6-13)7-4-8-15(17)19-16-11-12-18-21-20-16;;/h2*1-12H,(H,18,19,20)(H,22,23,24);;/q;;2*+1/p-2. The first-order valence-corrected chi connectivity index (χ1v) is 17.4. The van der Waals surface area contributed by atoms with E-state index in [-0.39, 0.29) is 103 Å². The third-order valence-corrected chi connectivity index (χ3v) is 8.54. The third-order valence-electron chi connectivity index (χ3n) is 6.63. The molecule has 0 aliphatic carbocycles. The van der Waals surface area contributed by atoms with Gasteiger partial charge in [-0.05, 0) is 44.8 Å². The second-order valence-corrected chi connectivity index (χ2v) is 12.7. The molecule has 0 fully saturated rings. The molecule has 4 aromatic carbocycles. The Morgan fingerprint density at radius 2 is 0.865 bits per heavy atom. The summed E-state index contributed by atoms with van der Waals surface area (Å²) < 4.78 is 70.8.